The van der Waals surface area contributed by atoms with Gasteiger partial charge in [0.25, 0.3) is 0 Å². The maximum Gasteiger partial charge on any atom is 0.0568 e. The van der Waals surface area contributed by atoms with E-state index in [9.17, 15) is 0 Å². The second-order valence-electron chi connectivity index (χ2n) is 13.8. The van der Waals surface area contributed by atoms with Crippen LogP contribution in [-0.2, 0) is 7.05 Å². The molecule has 3 aromatic heterocycles. The Kier molecular flexibility index (Phi) is 6.17. The highest BCUT2D eigenvalue weighted by Crippen LogP contribution is 2.41. The molecule has 0 aliphatic carbocycles. The summed E-state index contributed by atoms with van der Waals surface area (Å²) in [6.07, 6.45) is 0. The third-order valence-corrected chi connectivity index (χ3v) is 11.0. The first kappa shape index (κ1) is 28.9. The van der Waals surface area contributed by atoms with Crippen LogP contribution in [0.3, 0.4) is 0 Å². The van der Waals surface area contributed by atoms with Crippen LogP contribution in [0.25, 0.3) is 99.0 Å². The van der Waals surface area contributed by atoms with E-state index in [4.69, 9.17) is 0 Å². The van der Waals surface area contributed by atoms with Crippen LogP contribution in [-0.4, -0.2) is 13.7 Å². The molecule has 0 unspecified atom stereocenters. The zero-order valence-corrected chi connectivity index (χ0v) is 28.7. The molecular weight excluding hydrogens is 631 g/mol. The average molecular weight is 664 g/mol. The van der Waals surface area contributed by atoms with E-state index in [-0.39, 0.29) is 0 Å². The average Bonchev–Trinajstić information content (AvgIpc) is 3.83. The molecule has 0 aliphatic heterocycles. The standard InChI is InChI=1S/C49H33N3/c1-50-44-28-25-32(33-23-26-40-38-17-8-10-21-45(38)51(47(40)30-33)35-13-4-2-5-14-35)29-43(44)42-20-12-19-37(49(42)50)34-24-27-41-39-18-9-11-22-46(39)52(48(41)31-34)36-15-6-3-7-16-36/h2-31H,1H3. The second-order valence-corrected chi connectivity index (χ2v) is 13.8. The summed E-state index contributed by atoms with van der Waals surface area (Å²) in [5, 5.41) is 7.60. The summed E-state index contributed by atoms with van der Waals surface area (Å²) >= 11 is 0. The number of aromatic nitrogens is 3. The molecule has 244 valence electrons. The molecule has 0 radical (unpaired) electrons. The van der Waals surface area contributed by atoms with Crippen LogP contribution in [0.15, 0.2) is 182 Å². The monoisotopic (exact) mass is 663 g/mol. The molecule has 0 fully saturated rings. The lowest BCUT2D eigenvalue weighted by Crippen LogP contribution is -1.94. The van der Waals surface area contributed by atoms with Crippen LogP contribution in [0.4, 0.5) is 0 Å². The predicted molar refractivity (Wildman–Crippen MR) is 220 cm³/mol. The molecule has 0 saturated heterocycles. The molecule has 0 amide bonds. The molecule has 11 aromatic rings. The van der Waals surface area contributed by atoms with Crippen molar-refractivity contribution >= 4 is 65.4 Å². The zero-order chi connectivity index (χ0) is 34.3. The van der Waals surface area contributed by atoms with Gasteiger partial charge in [0.1, 0.15) is 0 Å². The van der Waals surface area contributed by atoms with Gasteiger partial charge in [-0.05, 0) is 77.4 Å². The molecule has 0 bridgehead atoms. The first-order valence-corrected chi connectivity index (χ1v) is 17.9. The van der Waals surface area contributed by atoms with Gasteiger partial charge in [0.05, 0.1) is 27.6 Å². The molecule has 3 nitrogen and oxygen atoms in total. The lowest BCUT2D eigenvalue weighted by atomic mass is 9.99. The van der Waals surface area contributed by atoms with Gasteiger partial charge in [0.2, 0.25) is 0 Å². The number of para-hydroxylation sites is 5. The van der Waals surface area contributed by atoms with E-state index >= 15 is 0 Å². The molecule has 0 atom stereocenters. The third kappa shape index (κ3) is 4.14. The number of fused-ring (bicyclic) bond motifs is 9. The number of hydrogen-bond acceptors (Lipinski definition) is 0. The molecule has 0 saturated carbocycles. The summed E-state index contributed by atoms with van der Waals surface area (Å²) in [7, 11) is 2.21. The van der Waals surface area contributed by atoms with Gasteiger partial charge < -0.3 is 13.7 Å². The van der Waals surface area contributed by atoms with Crippen molar-refractivity contribution in [2.24, 2.45) is 7.05 Å². The van der Waals surface area contributed by atoms with Crippen LogP contribution in [0.2, 0.25) is 0 Å². The van der Waals surface area contributed by atoms with E-state index in [0.29, 0.717) is 0 Å². The Morgan fingerprint density at radius 2 is 0.788 bits per heavy atom. The molecule has 0 spiro atoms. The van der Waals surface area contributed by atoms with Gasteiger partial charge in [-0.1, -0.05) is 121 Å². The molecule has 11 rings (SSSR count). The fraction of sp³-hybridized carbons (Fsp3) is 0.0204. The molecule has 3 heterocycles. The minimum atomic E-state index is 1.17. The highest BCUT2D eigenvalue weighted by Gasteiger charge is 2.18. The van der Waals surface area contributed by atoms with Crippen LogP contribution in [0.1, 0.15) is 0 Å². The number of hydrogen-bond donors (Lipinski definition) is 0. The molecule has 8 aromatic carbocycles. The van der Waals surface area contributed by atoms with Gasteiger partial charge in [0.15, 0.2) is 0 Å². The van der Waals surface area contributed by atoms with Gasteiger partial charge in [-0.3, -0.25) is 0 Å². The Morgan fingerprint density at radius 1 is 0.308 bits per heavy atom. The predicted octanol–water partition coefficient (Wildman–Crippen LogP) is 12.9. The van der Waals surface area contributed by atoms with Gasteiger partial charge in [-0.25, -0.2) is 0 Å². The quantitative estimate of drug-likeness (QED) is 0.178. The van der Waals surface area contributed by atoms with Crippen molar-refractivity contribution in [3.8, 4) is 33.6 Å². The Bertz CT molecular complexity index is 3180. The van der Waals surface area contributed by atoms with Crippen molar-refractivity contribution in [1.29, 1.82) is 0 Å². The minimum Gasteiger partial charge on any atom is -0.343 e. The first-order chi connectivity index (χ1) is 25.7. The van der Waals surface area contributed by atoms with Gasteiger partial charge in [-0.2, -0.15) is 0 Å². The van der Waals surface area contributed by atoms with E-state index in [1.165, 1.54) is 99.0 Å². The molecule has 0 aliphatic rings. The highest BCUT2D eigenvalue weighted by atomic mass is 15.0. The summed E-state index contributed by atoms with van der Waals surface area (Å²) in [6.45, 7) is 0. The minimum absolute atomic E-state index is 1.17. The zero-order valence-electron chi connectivity index (χ0n) is 28.7. The van der Waals surface area contributed by atoms with E-state index in [2.05, 4.69) is 203 Å². The SMILES string of the molecule is Cn1c2ccc(-c3ccc4c5ccccc5n(-c5ccccc5)c4c3)cc2c2cccc(-c3ccc4c5ccccc5n(-c5ccccc5)c4c3)c21. The van der Waals surface area contributed by atoms with Gasteiger partial charge >= 0.3 is 0 Å². The largest absolute Gasteiger partial charge is 0.343 e. The summed E-state index contributed by atoms with van der Waals surface area (Å²) in [5.41, 5.74) is 14.6. The van der Waals surface area contributed by atoms with Crippen LogP contribution >= 0.6 is 0 Å². The summed E-state index contributed by atoms with van der Waals surface area (Å²) in [5.74, 6) is 0. The lowest BCUT2D eigenvalue weighted by molar-refractivity contribution is 1.02. The Labute approximate surface area is 300 Å². The van der Waals surface area contributed by atoms with E-state index in [1.54, 1.807) is 0 Å². The van der Waals surface area contributed by atoms with Crippen LogP contribution < -0.4 is 0 Å². The molecule has 0 N–H and O–H groups in total. The maximum atomic E-state index is 2.40. The number of nitrogens with zero attached hydrogens (tertiary/aromatic N) is 3. The summed E-state index contributed by atoms with van der Waals surface area (Å²) in [4.78, 5) is 0. The Hall–Kier alpha value is -6.84. The van der Waals surface area contributed by atoms with Crippen molar-refractivity contribution in [3.63, 3.8) is 0 Å². The van der Waals surface area contributed by atoms with Crippen molar-refractivity contribution in [2.45, 2.75) is 0 Å². The molecule has 52 heavy (non-hydrogen) atoms. The third-order valence-electron chi connectivity index (χ3n) is 11.0. The Balaban J connectivity index is 1.10. The van der Waals surface area contributed by atoms with Crippen molar-refractivity contribution in [1.82, 2.24) is 13.7 Å². The fourth-order valence-corrected chi connectivity index (χ4v) is 8.70. The van der Waals surface area contributed by atoms with Crippen LogP contribution in [0.5, 0.6) is 0 Å². The van der Waals surface area contributed by atoms with E-state index in [1.807, 2.05) is 0 Å². The number of rotatable bonds is 4. The molecule has 3 heteroatoms. The normalized spacial score (nSPS) is 11.9. The first-order valence-electron chi connectivity index (χ1n) is 17.9. The number of aryl methyl sites for hydroxylation is 1. The van der Waals surface area contributed by atoms with Crippen molar-refractivity contribution in [2.75, 3.05) is 0 Å². The lowest BCUT2D eigenvalue weighted by Gasteiger charge is -2.10. The van der Waals surface area contributed by atoms with E-state index in [0.717, 1.165) is 0 Å². The maximum absolute atomic E-state index is 2.40. The smallest absolute Gasteiger partial charge is 0.0568 e. The van der Waals surface area contributed by atoms with E-state index < -0.39 is 0 Å². The topological polar surface area (TPSA) is 14.8 Å². The van der Waals surface area contributed by atoms with Gasteiger partial charge in [0, 0.05) is 61.8 Å². The fourth-order valence-electron chi connectivity index (χ4n) is 8.70. The highest BCUT2D eigenvalue weighted by molar-refractivity contribution is 6.16. The van der Waals surface area contributed by atoms with Crippen molar-refractivity contribution in [3.05, 3.63) is 182 Å². The number of benzene rings is 8. The van der Waals surface area contributed by atoms with Gasteiger partial charge in [-0.15, -0.1) is 0 Å². The molecular formula is C49H33N3. The van der Waals surface area contributed by atoms with Crippen LogP contribution in [0, 0.1) is 0 Å². The Morgan fingerprint density at radius 3 is 1.42 bits per heavy atom. The second kappa shape index (κ2) is 11.1. The summed E-state index contributed by atoms with van der Waals surface area (Å²) < 4.78 is 7.16. The van der Waals surface area contributed by atoms with Crippen molar-refractivity contribution < 1.29 is 0 Å². The summed E-state index contributed by atoms with van der Waals surface area (Å²) in [6, 6.07) is 66.5.